The number of nitrogens with zero attached hydrogens (tertiary/aromatic N) is 2. The normalized spacial score (nSPS) is 15.6. The number of piperidine rings is 1. The van der Waals surface area contributed by atoms with E-state index in [1.54, 1.807) is 11.3 Å². The summed E-state index contributed by atoms with van der Waals surface area (Å²) in [6.45, 7) is 1.14. The summed E-state index contributed by atoms with van der Waals surface area (Å²) in [5.74, 6) is -0.206. The summed E-state index contributed by atoms with van der Waals surface area (Å²) >= 11 is 1.56. The van der Waals surface area contributed by atoms with Crippen LogP contribution in [0.15, 0.2) is 66.0 Å². The van der Waals surface area contributed by atoms with Crippen LogP contribution in [0.4, 0.5) is 0 Å². The Morgan fingerprint density at radius 1 is 1.03 bits per heavy atom. The molecule has 8 heteroatoms. The number of amides is 1. The van der Waals surface area contributed by atoms with Gasteiger partial charge in [0.15, 0.2) is 0 Å². The number of aromatic nitrogens is 1. The summed E-state index contributed by atoms with van der Waals surface area (Å²) in [5, 5.41) is 5.86. The highest BCUT2D eigenvalue weighted by Crippen LogP contribution is 2.24. The first-order valence-corrected chi connectivity index (χ1v) is 12.8. The van der Waals surface area contributed by atoms with Crippen LogP contribution in [0, 0.1) is 5.92 Å². The molecule has 0 unspecified atom stereocenters. The smallest absolute Gasteiger partial charge is 0.223 e. The molecular weight excluding hydrogens is 430 g/mol. The number of nitrogens with one attached hydrogen (secondary N) is 1. The Morgan fingerprint density at radius 3 is 2.35 bits per heavy atom. The van der Waals surface area contributed by atoms with E-state index in [1.165, 1.54) is 4.31 Å². The Balaban J connectivity index is 1.26. The van der Waals surface area contributed by atoms with Gasteiger partial charge in [-0.05, 0) is 18.4 Å². The lowest BCUT2D eigenvalue weighted by atomic mass is 9.97. The Kier molecular flexibility index (Phi) is 6.80. The van der Waals surface area contributed by atoms with Gasteiger partial charge in [0.05, 0.1) is 18.0 Å². The molecule has 0 bridgehead atoms. The number of carbonyl (C=O) groups excluding carboxylic acids is 1. The topological polar surface area (TPSA) is 79.4 Å². The number of rotatable bonds is 7. The second-order valence-electron chi connectivity index (χ2n) is 7.64. The fourth-order valence-electron chi connectivity index (χ4n) is 3.70. The van der Waals surface area contributed by atoms with Crippen molar-refractivity contribution in [3.63, 3.8) is 0 Å². The standard InChI is InChI=1S/C23H25N3O3S2/c27-22(24-15-21-16-30-23(25-21)20-9-5-2-6-10-20)19-11-13-26(14-12-19)31(28,29)17-18-7-3-1-4-8-18/h1-10,16,19H,11-15,17H2,(H,24,27). The molecule has 0 aliphatic carbocycles. The van der Waals surface area contributed by atoms with Gasteiger partial charge in [0.25, 0.3) is 0 Å². The quantitative estimate of drug-likeness (QED) is 0.590. The minimum Gasteiger partial charge on any atom is -0.350 e. The van der Waals surface area contributed by atoms with E-state index in [1.807, 2.05) is 66.0 Å². The number of carbonyl (C=O) groups is 1. The largest absolute Gasteiger partial charge is 0.350 e. The summed E-state index contributed by atoms with van der Waals surface area (Å²) in [6.07, 6.45) is 1.07. The third-order valence-corrected chi connectivity index (χ3v) is 8.22. The summed E-state index contributed by atoms with van der Waals surface area (Å²) < 4.78 is 26.9. The third-order valence-electron chi connectivity index (χ3n) is 5.43. The molecule has 1 fully saturated rings. The van der Waals surface area contributed by atoms with Crippen molar-refractivity contribution in [3.8, 4) is 10.6 Å². The molecule has 0 saturated carbocycles. The molecule has 1 N–H and O–H groups in total. The zero-order chi connectivity index (χ0) is 21.7. The monoisotopic (exact) mass is 455 g/mol. The van der Waals surface area contributed by atoms with Crippen LogP contribution in [-0.4, -0.2) is 36.7 Å². The first-order valence-electron chi connectivity index (χ1n) is 10.3. The minimum atomic E-state index is -3.37. The van der Waals surface area contributed by atoms with Crippen LogP contribution in [0.5, 0.6) is 0 Å². The van der Waals surface area contributed by atoms with Crippen molar-refractivity contribution in [3.05, 3.63) is 77.3 Å². The zero-order valence-electron chi connectivity index (χ0n) is 17.1. The second kappa shape index (κ2) is 9.72. The van der Waals surface area contributed by atoms with Gasteiger partial charge < -0.3 is 5.32 Å². The van der Waals surface area contributed by atoms with E-state index in [2.05, 4.69) is 10.3 Å². The summed E-state index contributed by atoms with van der Waals surface area (Å²) in [6, 6.07) is 19.1. The number of hydrogen-bond donors (Lipinski definition) is 1. The predicted molar refractivity (Wildman–Crippen MR) is 123 cm³/mol. The molecule has 0 atom stereocenters. The first kappa shape index (κ1) is 21.7. The minimum absolute atomic E-state index is 0.00171. The van der Waals surface area contributed by atoms with Crippen LogP contribution in [0.1, 0.15) is 24.1 Å². The van der Waals surface area contributed by atoms with Crippen molar-refractivity contribution in [1.82, 2.24) is 14.6 Å². The molecule has 4 rings (SSSR count). The van der Waals surface area contributed by atoms with Crippen molar-refractivity contribution in [2.45, 2.75) is 25.1 Å². The van der Waals surface area contributed by atoms with E-state index in [0.29, 0.717) is 32.5 Å². The highest BCUT2D eigenvalue weighted by Gasteiger charge is 2.31. The Hall–Kier alpha value is -2.55. The number of hydrogen-bond acceptors (Lipinski definition) is 5. The number of sulfonamides is 1. The Bertz CT molecular complexity index is 1110. The average molecular weight is 456 g/mol. The maximum absolute atomic E-state index is 12.7. The second-order valence-corrected chi connectivity index (χ2v) is 10.5. The molecule has 1 aliphatic rings. The number of thiazole rings is 1. The van der Waals surface area contributed by atoms with Gasteiger partial charge in [-0.25, -0.2) is 17.7 Å². The molecule has 3 aromatic rings. The Morgan fingerprint density at radius 2 is 1.68 bits per heavy atom. The third kappa shape index (κ3) is 5.58. The summed E-state index contributed by atoms with van der Waals surface area (Å²) in [4.78, 5) is 17.2. The van der Waals surface area contributed by atoms with E-state index in [0.717, 1.165) is 21.8 Å². The van der Waals surface area contributed by atoms with Crippen LogP contribution in [-0.2, 0) is 27.1 Å². The molecule has 6 nitrogen and oxygen atoms in total. The molecule has 31 heavy (non-hydrogen) atoms. The van der Waals surface area contributed by atoms with Crippen LogP contribution >= 0.6 is 11.3 Å². The molecule has 1 saturated heterocycles. The van der Waals surface area contributed by atoms with Crippen molar-refractivity contribution in [1.29, 1.82) is 0 Å². The van der Waals surface area contributed by atoms with Crippen molar-refractivity contribution >= 4 is 27.3 Å². The molecule has 2 heterocycles. The van der Waals surface area contributed by atoms with Gasteiger partial charge in [0.1, 0.15) is 5.01 Å². The van der Waals surface area contributed by atoms with Gasteiger partial charge in [-0.2, -0.15) is 0 Å². The SMILES string of the molecule is O=C(NCc1csc(-c2ccccc2)n1)C1CCN(S(=O)(=O)Cc2ccccc2)CC1. The van der Waals surface area contributed by atoms with Gasteiger partial charge in [-0.1, -0.05) is 60.7 Å². The molecule has 162 valence electrons. The van der Waals surface area contributed by atoms with Crippen LogP contribution in [0.2, 0.25) is 0 Å². The molecule has 1 aromatic heterocycles. The van der Waals surface area contributed by atoms with Crippen molar-refractivity contribution in [2.75, 3.05) is 13.1 Å². The van der Waals surface area contributed by atoms with Crippen LogP contribution in [0.3, 0.4) is 0 Å². The predicted octanol–water partition coefficient (Wildman–Crippen LogP) is 3.67. The van der Waals surface area contributed by atoms with E-state index in [4.69, 9.17) is 0 Å². The lowest BCUT2D eigenvalue weighted by Crippen LogP contribution is -2.43. The van der Waals surface area contributed by atoms with Crippen LogP contribution < -0.4 is 5.32 Å². The molecule has 2 aromatic carbocycles. The maximum Gasteiger partial charge on any atom is 0.223 e. The fraction of sp³-hybridized carbons (Fsp3) is 0.304. The van der Waals surface area contributed by atoms with Crippen LogP contribution in [0.25, 0.3) is 10.6 Å². The molecule has 1 aliphatic heterocycles. The highest BCUT2D eigenvalue weighted by molar-refractivity contribution is 7.88. The Labute approximate surface area is 187 Å². The van der Waals surface area contributed by atoms with Crippen molar-refractivity contribution in [2.24, 2.45) is 5.92 Å². The maximum atomic E-state index is 12.7. The van der Waals surface area contributed by atoms with Crippen molar-refractivity contribution < 1.29 is 13.2 Å². The van der Waals surface area contributed by atoms with Gasteiger partial charge in [-0.3, -0.25) is 4.79 Å². The zero-order valence-corrected chi connectivity index (χ0v) is 18.7. The van der Waals surface area contributed by atoms with E-state index >= 15 is 0 Å². The molecule has 1 amide bonds. The molecule has 0 spiro atoms. The van der Waals surface area contributed by atoms with E-state index < -0.39 is 10.0 Å². The van der Waals surface area contributed by atoms with Gasteiger partial charge in [-0.15, -0.1) is 11.3 Å². The van der Waals surface area contributed by atoms with Gasteiger partial charge in [0.2, 0.25) is 15.9 Å². The highest BCUT2D eigenvalue weighted by atomic mass is 32.2. The molecule has 0 radical (unpaired) electrons. The van der Waals surface area contributed by atoms with E-state index in [-0.39, 0.29) is 17.6 Å². The number of benzene rings is 2. The molecular formula is C23H25N3O3S2. The van der Waals surface area contributed by atoms with Gasteiger partial charge >= 0.3 is 0 Å². The fourth-order valence-corrected chi connectivity index (χ4v) is 6.09. The lowest BCUT2D eigenvalue weighted by Gasteiger charge is -2.30. The van der Waals surface area contributed by atoms with E-state index in [9.17, 15) is 13.2 Å². The summed E-state index contributed by atoms with van der Waals surface area (Å²) in [5.41, 5.74) is 2.68. The average Bonchev–Trinajstić information content (AvgIpc) is 3.28. The summed E-state index contributed by atoms with van der Waals surface area (Å²) in [7, 11) is -3.37. The lowest BCUT2D eigenvalue weighted by molar-refractivity contribution is -0.126. The van der Waals surface area contributed by atoms with Gasteiger partial charge in [0, 0.05) is 30.0 Å². The first-order chi connectivity index (χ1) is 15.0.